The average Bonchev–Trinajstić information content (AvgIpc) is 3.39. The number of hydrogen-bond donors (Lipinski definition) is 1. The van der Waals surface area contributed by atoms with Gasteiger partial charge in [0.25, 0.3) is 0 Å². The number of likely N-dealkylation sites (tertiary alicyclic amines) is 2. The third kappa shape index (κ3) is 4.05. The fourth-order valence-electron chi connectivity index (χ4n) is 6.36. The summed E-state index contributed by atoms with van der Waals surface area (Å²) in [6.07, 6.45) is 1.27. The van der Waals surface area contributed by atoms with Gasteiger partial charge in [-0.25, -0.2) is 0 Å². The quantitative estimate of drug-likeness (QED) is 0.515. The summed E-state index contributed by atoms with van der Waals surface area (Å²) in [5, 5.41) is 4.21. The molecule has 3 heterocycles. The van der Waals surface area contributed by atoms with Gasteiger partial charge in [-0.05, 0) is 41.7 Å². The first-order valence-corrected chi connectivity index (χ1v) is 13.1. The van der Waals surface area contributed by atoms with E-state index in [1.807, 2.05) is 89.8 Å². The van der Waals surface area contributed by atoms with Crippen LogP contribution in [0, 0.1) is 11.8 Å². The number of carbonyl (C=O) groups excluding carboxylic acids is 3. The number of hydrogen-bond acceptors (Lipinski definition) is 4. The van der Waals surface area contributed by atoms with Gasteiger partial charge in [0.05, 0.1) is 18.4 Å². The maximum Gasteiger partial charge on any atom is 0.244 e. The summed E-state index contributed by atoms with van der Waals surface area (Å²) in [6.45, 7) is 1.25. The van der Waals surface area contributed by atoms with Crippen molar-refractivity contribution >= 4 is 29.3 Å². The summed E-state index contributed by atoms with van der Waals surface area (Å²) in [6, 6.07) is 26.3. The molecule has 188 valence electrons. The van der Waals surface area contributed by atoms with Gasteiger partial charge in [-0.15, -0.1) is 0 Å². The van der Waals surface area contributed by atoms with E-state index in [1.165, 1.54) is 4.90 Å². The molecule has 0 aliphatic carbocycles. The predicted molar refractivity (Wildman–Crippen MR) is 140 cm³/mol. The van der Waals surface area contributed by atoms with Crippen LogP contribution in [-0.2, 0) is 27.5 Å². The van der Waals surface area contributed by atoms with E-state index >= 15 is 0 Å². The zero-order valence-corrected chi connectivity index (χ0v) is 21.1. The first kappa shape index (κ1) is 23.9. The number of nitrogens with zero attached hydrogens (tertiary/aromatic N) is 2. The Morgan fingerprint density at radius 3 is 2.16 bits per heavy atom. The molecule has 3 aliphatic rings. The van der Waals surface area contributed by atoms with Gasteiger partial charge in [-0.3, -0.25) is 24.6 Å². The van der Waals surface area contributed by atoms with Crippen molar-refractivity contribution in [3.63, 3.8) is 0 Å². The molecule has 3 aromatic carbocycles. The molecule has 1 spiro atoms. The maximum atomic E-state index is 14.2. The van der Waals surface area contributed by atoms with Crippen molar-refractivity contribution in [3.8, 4) is 0 Å². The zero-order valence-electron chi connectivity index (χ0n) is 20.3. The minimum Gasteiger partial charge on any atom is -0.337 e. The molecular weight excluding hydrogens is 486 g/mol. The minimum atomic E-state index is -1.12. The normalized spacial score (nSPS) is 27.3. The number of carbonyl (C=O) groups is 3. The summed E-state index contributed by atoms with van der Waals surface area (Å²) in [5.74, 6) is -1.94. The van der Waals surface area contributed by atoms with Crippen molar-refractivity contribution in [1.82, 2.24) is 15.1 Å². The summed E-state index contributed by atoms with van der Waals surface area (Å²) < 4.78 is 0. The number of benzene rings is 3. The van der Waals surface area contributed by atoms with E-state index in [-0.39, 0.29) is 24.3 Å². The third-order valence-electron chi connectivity index (χ3n) is 8.04. The van der Waals surface area contributed by atoms with E-state index in [9.17, 15) is 14.4 Å². The van der Waals surface area contributed by atoms with E-state index in [4.69, 9.17) is 11.6 Å². The van der Waals surface area contributed by atoms with Crippen LogP contribution in [0.1, 0.15) is 35.6 Å². The van der Waals surface area contributed by atoms with Crippen LogP contribution in [-0.4, -0.2) is 39.6 Å². The number of nitrogens with one attached hydrogen (secondary N) is 1. The van der Waals surface area contributed by atoms with Crippen LogP contribution < -0.4 is 5.32 Å². The molecule has 3 amide bonds. The Kier molecular flexibility index (Phi) is 6.09. The van der Waals surface area contributed by atoms with Crippen LogP contribution in [0.15, 0.2) is 84.9 Å². The fraction of sp³-hybridized carbons (Fsp3) is 0.300. The number of piperidine rings is 1. The van der Waals surface area contributed by atoms with Crippen molar-refractivity contribution in [2.45, 2.75) is 37.5 Å². The molecule has 0 aromatic heterocycles. The van der Waals surface area contributed by atoms with Crippen molar-refractivity contribution < 1.29 is 14.4 Å². The number of imide groups is 1. The van der Waals surface area contributed by atoms with E-state index in [2.05, 4.69) is 5.32 Å². The molecule has 0 unspecified atom stereocenters. The highest BCUT2D eigenvalue weighted by molar-refractivity contribution is 6.30. The Balaban J connectivity index is 1.37. The second-order valence-corrected chi connectivity index (χ2v) is 10.6. The monoisotopic (exact) mass is 513 g/mol. The Morgan fingerprint density at radius 1 is 0.811 bits per heavy atom. The van der Waals surface area contributed by atoms with Gasteiger partial charge < -0.3 is 4.90 Å². The SMILES string of the molecule is O=C1[C@H]2[C@@H](c3ccccc3)N[C@]3(CCCN(Cc4ccc(Cl)cc4)C3=O)[C@H]2C(=O)N1Cc1ccccc1. The lowest BCUT2D eigenvalue weighted by Gasteiger charge is -2.42. The molecule has 4 atom stereocenters. The van der Waals surface area contributed by atoms with Crippen LogP contribution in [0.2, 0.25) is 5.02 Å². The van der Waals surface area contributed by atoms with Gasteiger partial charge in [0.15, 0.2) is 0 Å². The molecule has 0 radical (unpaired) electrons. The van der Waals surface area contributed by atoms with Gasteiger partial charge in [-0.2, -0.15) is 0 Å². The highest BCUT2D eigenvalue weighted by Crippen LogP contribution is 2.52. The smallest absolute Gasteiger partial charge is 0.244 e. The van der Waals surface area contributed by atoms with E-state index in [0.29, 0.717) is 24.5 Å². The van der Waals surface area contributed by atoms with Crippen LogP contribution in [0.25, 0.3) is 0 Å². The molecule has 3 fully saturated rings. The molecule has 0 bridgehead atoms. The van der Waals surface area contributed by atoms with Gasteiger partial charge in [-0.1, -0.05) is 84.4 Å². The summed E-state index contributed by atoms with van der Waals surface area (Å²) in [7, 11) is 0. The molecular formula is C30H28ClN3O3. The summed E-state index contributed by atoms with van der Waals surface area (Å²) in [5.41, 5.74) is 1.67. The van der Waals surface area contributed by atoms with E-state index in [0.717, 1.165) is 23.1 Å². The largest absolute Gasteiger partial charge is 0.337 e. The highest BCUT2D eigenvalue weighted by atomic mass is 35.5. The fourth-order valence-corrected chi connectivity index (χ4v) is 6.48. The molecule has 3 aromatic rings. The molecule has 6 nitrogen and oxygen atoms in total. The van der Waals surface area contributed by atoms with Crippen LogP contribution in [0.3, 0.4) is 0 Å². The second kappa shape index (κ2) is 9.43. The Labute approximate surface area is 221 Å². The molecule has 6 rings (SSSR count). The Bertz CT molecular complexity index is 1330. The molecule has 1 N–H and O–H groups in total. The lowest BCUT2D eigenvalue weighted by Crippen LogP contribution is -2.63. The van der Waals surface area contributed by atoms with Gasteiger partial charge >= 0.3 is 0 Å². The molecule has 37 heavy (non-hydrogen) atoms. The molecule has 0 saturated carbocycles. The van der Waals surface area contributed by atoms with Crippen molar-refractivity contribution in [2.24, 2.45) is 11.8 Å². The summed E-state index contributed by atoms with van der Waals surface area (Å²) in [4.78, 5) is 45.2. The predicted octanol–water partition coefficient (Wildman–Crippen LogP) is 4.35. The number of rotatable bonds is 5. The lowest BCUT2D eigenvalue weighted by atomic mass is 9.74. The topological polar surface area (TPSA) is 69.7 Å². The number of halogens is 1. The van der Waals surface area contributed by atoms with Crippen LogP contribution in [0.5, 0.6) is 0 Å². The average molecular weight is 514 g/mol. The molecule has 3 aliphatic heterocycles. The number of fused-ring (bicyclic) bond motifs is 2. The summed E-state index contributed by atoms with van der Waals surface area (Å²) >= 11 is 6.05. The number of amides is 3. The van der Waals surface area contributed by atoms with Crippen molar-refractivity contribution in [1.29, 1.82) is 0 Å². The lowest BCUT2D eigenvalue weighted by molar-refractivity contribution is -0.150. The molecule has 7 heteroatoms. The van der Waals surface area contributed by atoms with Crippen molar-refractivity contribution in [2.75, 3.05) is 6.54 Å². The van der Waals surface area contributed by atoms with Gasteiger partial charge in [0.1, 0.15) is 5.54 Å². The first-order chi connectivity index (χ1) is 18.0. The second-order valence-electron chi connectivity index (χ2n) is 10.2. The van der Waals surface area contributed by atoms with Crippen LogP contribution in [0.4, 0.5) is 0 Å². The zero-order chi connectivity index (χ0) is 25.6. The molecule has 3 saturated heterocycles. The maximum absolute atomic E-state index is 14.2. The van der Waals surface area contributed by atoms with Gasteiger partial charge in [0.2, 0.25) is 17.7 Å². The van der Waals surface area contributed by atoms with Crippen LogP contribution >= 0.6 is 11.6 Å². The standard InChI is InChI=1S/C30H28ClN3O3/c31-23-14-12-21(13-15-23)18-33-17-7-16-30(29(33)37)25-24(26(32-30)22-10-5-2-6-11-22)27(35)34(28(25)36)19-20-8-3-1-4-9-20/h1-6,8-15,24-26,32H,7,16-19H2/t24-,25-,26-,30-/m1/s1. The minimum absolute atomic E-state index is 0.107. The van der Waals surface area contributed by atoms with Crippen molar-refractivity contribution in [3.05, 3.63) is 107 Å². The van der Waals surface area contributed by atoms with Gasteiger partial charge in [0, 0.05) is 24.2 Å². The van der Waals surface area contributed by atoms with E-state index in [1.54, 1.807) is 0 Å². The third-order valence-corrected chi connectivity index (χ3v) is 8.29. The Morgan fingerprint density at radius 2 is 1.46 bits per heavy atom. The Hall–Kier alpha value is -3.48. The van der Waals surface area contributed by atoms with E-state index < -0.39 is 23.4 Å². The first-order valence-electron chi connectivity index (χ1n) is 12.7. The highest BCUT2D eigenvalue weighted by Gasteiger charge is 2.68.